The Labute approximate surface area is 116 Å². The highest BCUT2D eigenvalue weighted by atomic mass is 31.1. The molecule has 0 aliphatic carbocycles. The smallest absolute Gasteiger partial charge is 0.186 e. The summed E-state index contributed by atoms with van der Waals surface area (Å²) in [6, 6.07) is 12.1. The summed E-state index contributed by atoms with van der Waals surface area (Å²) in [7, 11) is 0.203. The standard InChI is InChI=1S/C17H19OP/c1-11-10-12(2)16(14(4)13(11)3)17(18)19-15-8-6-5-7-9-15/h5-10,19H,1-4H3. The molecule has 1 atom stereocenters. The van der Waals surface area contributed by atoms with E-state index in [1.165, 1.54) is 11.1 Å². The fraction of sp³-hybridized carbons (Fsp3) is 0.235. The van der Waals surface area contributed by atoms with Crippen molar-refractivity contribution in [2.45, 2.75) is 27.7 Å². The van der Waals surface area contributed by atoms with Crippen LogP contribution < -0.4 is 5.30 Å². The third-order valence-corrected chi connectivity index (χ3v) is 4.71. The lowest BCUT2D eigenvalue weighted by Crippen LogP contribution is -2.06. The fourth-order valence-corrected chi connectivity index (χ4v) is 3.48. The maximum Gasteiger partial charge on any atom is 0.186 e. The molecular formula is C17H19OP. The number of carbonyl (C=O) groups is 1. The molecule has 0 amide bonds. The van der Waals surface area contributed by atoms with E-state index in [4.69, 9.17) is 0 Å². The SMILES string of the molecule is Cc1cc(C)c(C(=O)Pc2ccccc2)c(C)c1C. The Morgan fingerprint density at radius 2 is 1.53 bits per heavy atom. The Bertz CT molecular complexity index is 615. The molecule has 2 aromatic carbocycles. The summed E-state index contributed by atoms with van der Waals surface area (Å²) in [5.41, 5.74) is 5.86. The van der Waals surface area contributed by atoms with Crippen molar-refractivity contribution < 1.29 is 4.79 Å². The van der Waals surface area contributed by atoms with Crippen LogP contribution in [0.25, 0.3) is 0 Å². The topological polar surface area (TPSA) is 17.1 Å². The first-order chi connectivity index (χ1) is 9.00. The number of aryl methyl sites for hydroxylation is 2. The van der Waals surface area contributed by atoms with E-state index in [9.17, 15) is 4.79 Å². The predicted octanol–water partition coefficient (Wildman–Crippen LogP) is 4.06. The monoisotopic (exact) mass is 270 g/mol. The van der Waals surface area contributed by atoms with Crippen LogP contribution in [-0.2, 0) is 0 Å². The van der Waals surface area contributed by atoms with Gasteiger partial charge in [-0.1, -0.05) is 36.4 Å². The lowest BCUT2D eigenvalue weighted by Gasteiger charge is -2.14. The number of hydrogen-bond acceptors (Lipinski definition) is 1. The summed E-state index contributed by atoms with van der Waals surface area (Å²) in [5, 5.41) is 1.10. The molecule has 0 fully saturated rings. The quantitative estimate of drug-likeness (QED) is 0.768. The van der Waals surface area contributed by atoms with E-state index >= 15 is 0 Å². The lowest BCUT2D eigenvalue weighted by atomic mass is 9.95. The first-order valence-corrected chi connectivity index (χ1v) is 7.44. The van der Waals surface area contributed by atoms with Gasteiger partial charge in [0.2, 0.25) is 0 Å². The highest BCUT2D eigenvalue weighted by Crippen LogP contribution is 2.27. The zero-order valence-electron chi connectivity index (χ0n) is 11.9. The van der Waals surface area contributed by atoms with Crippen LogP contribution in [0.1, 0.15) is 32.6 Å². The van der Waals surface area contributed by atoms with Crippen LogP contribution in [0.5, 0.6) is 0 Å². The molecule has 19 heavy (non-hydrogen) atoms. The van der Waals surface area contributed by atoms with Gasteiger partial charge in [0.15, 0.2) is 5.52 Å². The number of rotatable bonds is 3. The molecule has 0 N–H and O–H groups in total. The van der Waals surface area contributed by atoms with Crippen LogP contribution in [-0.4, -0.2) is 5.52 Å². The van der Waals surface area contributed by atoms with Crippen LogP contribution in [0.2, 0.25) is 0 Å². The first kappa shape index (κ1) is 14.0. The first-order valence-electron chi connectivity index (χ1n) is 6.44. The van der Waals surface area contributed by atoms with Crippen molar-refractivity contribution >= 4 is 19.4 Å². The normalized spacial score (nSPS) is 11.2. The van der Waals surface area contributed by atoms with Gasteiger partial charge in [-0.05, 0) is 63.8 Å². The molecule has 0 aliphatic rings. The maximum absolute atomic E-state index is 12.5. The van der Waals surface area contributed by atoms with Gasteiger partial charge < -0.3 is 0 Å². The third-order valence-electron chi connectivity index (χ3n) is 3.62. The third kappa shape index (κ3) is 2.93. The molecule has 0 aliphatic heterocycles. The predicted molar refractivity (Wildman–Crippen MR) is 84.1 cm³/mol. The van der Waals surface area contributed by atoms with Gasteiger partial charge in [-0.15, -0.1) is 0 Å². The molecule has 1 unspecified atom stereocenters. The van der Waals surface area contributed by atoms with Gasteiger partial charge in [0.1, 0.15) is 0 Å². The summed E-state index contributed by atoms with van der Waals surface area (Å²) in [6.45, 7) is 8.27. The van der Waals surface area contributed by atoms with Gasteiger partial charge in [-0.2, -0.15) is 0 Å². The van der Waals surface area contributed by atoms with Crippen molar-refractivity contribution in [3.05, 3.63) is 64.2 Å². The van der Waals surface area contributed by atoms with Crippen molar-refractivity contribution in [2.75, 3.05) is 0 Å². The second-order valence-corrected chi connectivity index (χ2v) is 6.24. The highest BCUT2D eigenvalue weighted by Gasteiger charge is 2.15. The minimum absolute atomic E-state index is 0.203. The second-order valence-electron chi connectivity index (χ2n) is 4.96. The van der Waals surface area contributed by atoms with E-state index in [0.29, 0.717) is 0 Å². The zero-order chi connectivity index (χ0) is 14.0. The van der Waals surface area contributed by atoms with Crippen LogP contribution in [0, 0.1) is 27.7 Å². The summed E-state index contributed by atoms with van der Waals surface area (Å²) in [6.07, 6.45) is 0. The molecule has 2 heteroatoms. The maximum atomic E-state index is 12.5. The molecular weight excluding hydrogens is 251 g/mol. The van der Waals surface area contributed by atoms with Crippen LogP contribution in [0.15, 0.2) is 36.4 Å². The summed E-state index contributed by atoms with van der Waals surface area (Å²) >= 11 is 0. The average Bonchev–Trinajstić information content (AvgIpc) is 2.37. The molecule has 0 saturated carbocycles. The summed E-state index contributed by atoms with van der Waals surface area (Å²) in [4.78, 5) is 12.5. The molecule has 0 heterocycles. The molecule has 0 spiro atoms. The minimum atomic E-state index is 0.203. The lowest BCUT2D eigenvalue weighted by molar-refractivity contribution is 0.108. The number of hydrogen-bond donors (Lipinski definition) is 0. The Morgan fingerprint density at radius 3 is 2.16 bits per heavy atom. The van der Waals surface area contributed by atoms with Crippen LogP contribution in [0.3, 0.4) is 0 Å². The Balaban J connectivity index is 2.37. The number of carbonyl (C=O) groups excluding carboxylic acids is 1. The Morgan fingerprint density at radius 1 is 0.895 bits per heavy atom. The van der Waals surface area contributed by atoms with Gasteiger partial charge >= 0.3 is 0 Å². The molecule has 0 bridgehead atoms. The molecule has 0 radical (unpaired) electrons. The van der Waals surface area contributed by atoms with E-state index < -0.39 is 0 Å². The second kappa shape index (κ2) is 5.67. The molecule has 2 rings (SSSR count). The van der Waals surface area contributed by atoms with E-state index in [2.05, 4.69) is 26.8 Å². The number of benzene rings is 2. The van der Waals surface area contributed by atoms with E-state index in [0.717, 1.165) is 22.0 Å². The minimum Gasteiger partial charge on any atom is -0.289 e. The van der Waals surface area contributed by atoms with Gasteiger partial charge in [-0.3, -0.25) is 4.79 Å². The van der Waals surface area contributed by atoms with Crippen LogP contribution in [0.4, 0.5) is 0 Å². The van der Waals surface area contributed by atoms with Gasteiger partial charge in [0, 0.05) is 5.56 Å². The summed E-state index contributed by atoms with van der Waals surface area (Å²) in [5.74, 6) is 0. The van der Waals surface area contributed by atoms with E-state index in [-0.39, 0.29) is 14.1 Å². The van der Waals surface area contributed by atoms with Crippen LogP contribution >= 0.6 is 8.58 Å². The van der Waals surface area contributed by atoms with Gasteiger partial charge in [-0.25, -0.2) is 0 Å². The van der Waals surface area contributed by atoms with Crippen molar-refractivity contribution in [1.82, 2.24) is 0 Å². The van der Waals surface area contributed by atoms with Gasteiger partial charge in [0.25, 0.3) is 0 Å². The van der Waals surface area contributed by atoms with Gasteiger partial charge in [0.05, 0.1) is 0 Å². The summed E-state index contributed by atoms with van der Waals surface area (Å²) < 4.78 is 0. The Kier molecular flexibility index (Phi) is 4.17. The molecule has 0 saturated heterocycles. The zero-order valence-corrected chi connectivity index (χ0v) is 12.9. The fourth-order valence-electron chi connectivity index (χ4n) is 2.35. The Hall–Kier alpha value is -1.46. The van der Waals surface area contributed by atoms with Crippen molar-refractivity contribution in [2.24, 2.45) is 0 Å². The van der Waals surface area contributed by atoms with E-state index in [1.807, 2.05) is 37.3 Å². The molecule has 0 aromatic heterocycles. The molecule has 2 aromatic rings. The van der Waals surface area contributed by atoms with Crippen molar-refractivity contribution in [1.29, 1.82) is 0 Å². The molecule has 1 nitrogen and oxygen atoms in total. The van der Waals surface area contributed by atoms with E-state index in [1.54, 1.807) is 0 Å². The average molecular weight is 270 g/mol. The highest BCUT2D eigenvalue weighted by molar-refractivity contribution is 7.66. The molecule has 98 valence electrons. The van der Waals surface area contributed by atoms with Crippen molar-refractivity contribution in [3.8, 4) is 0 Å². The largest absolute Gasteiger partial charge is 0.289 e. The van der Waals surface area contributed by atoms with Crippen molar-refractivity contribution in [3.63, 3.8) is 0 Å².